The lowest BCUT2D eigenvalue weighted by Gasteiger charge is -2.30. The van der Waals surface area contributed by atoms with E-state index in [0.717, 1.165) is 41.5 Å². The number of benzene rings is 2. The van der Waals surface area contributed by atoms with Gasteiger partial charge < -0.3 is 9.84 Å². The molecule has 2 aliphatic rings. The van der Waals surface area contributed by atoms with Crippen LogP contribution in [0.15, 0.2) is 57.5 Å². The van der Waals surface area contributed by atoms with E-state index in [0.29, 0.717) is 31.3 Å². The van der Waals surface area contributed by atoms with Crippen LogP contribution in [0.1, 0.15) is 42.7 Å². The van der Waals surface area contributed by atoms with Gasteiger partial charge in [0.2, 0.25) is 17.6 Å². The molecule has 1 atom stereocenters. The number of amides is 1. The minimum Gasteiger partial charge on any atom is -0.352 e. The predicted octanol–water partition coefficient (Wildman–Crippen LogP) is 4.62. The Labute approximate surface area is 215 Å². The smallest absolute Gasteiger partial charge is 0.241 e. The molecule has 0 aliphatic carbocycles. The van der Waals surface area contributed by atoms with E-state index in [1.807, 2.05) is 24.3 Å². The number of carbonyl (C=O) groups is 1. The lowest BCUT2D eigenvalue weighted by molar-refractivity contribution is -0.127. The summed E-state index contributed by atoms with van der Waals surface area (Å²) in [6.45, 7) is 6.19. The molecule has 3 aromatic rings. The Morgan fingerprint density at radius 1 is 0.943 bits per heavy atom. The van der Waals surface area contributed by atoms with Gasteiger partial charge in [-0.15, -0.1) is 0 Å². The number of likely N-dealkylation sites (tertiary alicyclic amines) is 2. The van der Waals surface area contributed by atoms with Gasteiger partial charge in [-0.05, 0) is 80.7 Å². The molecule has 2 aromatic carbocycles. The van der Waals surface area contributed by atoms with Crippen molar-refractivity contribution in [2.45, 2.75) is 45.3 Å². The van der Waals surface area contributed by atoms with Crippen LogP contribution in [0.2, 0.25) is 0 Å². The minimum absolute atomic E-state index is 0.0212. The monoisotopic (exact) mass is 537 g/mol. The third kappa shape index (κ3) is 6.57. The van der Waals surface area contributed by atoms with Crippen LogP contribution in [0.4, 0.5) is 0 Å². The molecular formula is C27H32BrN5O2. The number of nitrogens with zero attached hydrogens (tertiary/aromatic N) is 4. The topological polar surface area (TPSA) is 74.5 Å². The first kappa shape index (κ1) is 24.2. The van der Waals surface area contributed by atoms with Gasteiger partial charge in [0.25, 0.3) is 0 Å². The molecule has 0 spiro atoms. The molecule has 1 unspecified atom stereocenters. The molecular weight excluding hydrogens is 506 g/mol. The van der Waals surface area contributed by atoms with Crippen LogP contribution in [0.3, 0.4) is 0 Å². The fraction of sp³-hybridized carbons (Fsp3) is 0.444. The summed E-state index contributed by atoms with van der Waals surface area (Å²) in [6.07, 6.45) is 4.51. The number of carbonyl (C=O) groups excluding carboxylic acids is 1. The Kier molecular flexibility index (Phi) is 7.91. The molecule has 35 heavy (non-hydrogen) atoms. The molecule has 0 bridgehead atoms. The quantitative estimate of drug-likeness (QED) is 0.451. The summed E-state index contributed by atoms with van der Waals surface area (Å²) in [5, 5.41) is 7.27. The van der Waals surface area contributed by atoms with Gasteiger partial charge in [0.15, 0.2) is 0 Å². The number of halogens is 1. The summed E-state index contributed by atoms with van der Waals surface area (Å²) in [6, 6.07) is 16.5. The van der Waals surface area contributed by atoms with E-state index in [2.05, 4.69) is 65.5 Å². The predicted molar refractivity (Wildman–Crippen MR) is 138 cm³/mol. The highest BCUT2D eigenvalue weighted by Crippen LogP contribution is 2.22. The number of aromatic nitrogens is 2. The number of hydrogen-bond donors (Lipinski definition) is 1. The van der Waals surface area contributed by atoms with Crippen LogP contribution in [0, 0.1) is 5.92 Å². The normalized spacial score (nSPS) is 19.2. The zero-order valence-corrected chi connectivity index (χ0v) is 21.5. The Morgan fingerprint density at radius 2 is 1.66 bits per heavy atom. The SMILES string of the molecule is O=C(NCc1ccc(CN2CCCC2)cc1)C1CCCN(Cc2nc(-c3ccc(Br)cc3)no2)C1. The van der Waals surface area contributed by atoms with Gasteiger partial charge >= 0.3 is 0 Å². The molecule has 1 aromatic heterocycles. The Bertz CT molecular complexity index is 1110. The summed E-state index contributed by atoms with van der Waals surface area (Å²) in [5.41, 5.74) is 3.40. The van der Waals surface area contributed by atoms with Crippen LogP contribution in [-0.2, 0) is 24.4 Å². The van der Waals surface area contributed by atoms with E-state index in [1.165, 1.54) is 31.5 Å². The Morgan fingerprint density at radius 3 is 2.43 bits per heavy atom. The zero-order chi connectivity index (χ0) is 24.0. The van der Waals surface area contributed by atoms with Crippen molar-refractivity contribution in [3.05, 3.63) is 70.0 Å². The maximum Gasteiger partial charge on any atom is 0.241 e. The van der Waals surface area contributed by atoms with Crippen molar-refractivity contribution >= 4 is 21.8 Å². The van der Waals surface area contributed by atoms with Crippen LogP contribution in [0.5, 0.6) is 0 Å². The second-order valence-corrected chi connectivity index (χ2v) is 10.5. The standard InChI is InChI=1S/C27H32BrN5O2/c28-24-11-9-22(10-12-24)26-30-25(35-31-26)19-33-15-3-4-23(18-33)27(34)29-16-20-5-7-21(8-6-20)17-32-13-1-2-14-32/h5-12,23H,1-4,13-19H2,(H,29,34). The third-order valence-electron chi connectivity index (χ3n) is 6.90. The summed E-state index contributed by atoms with van der Waals surface area (Å²) < 4.78 is 6.50. The van der Waals surface area contributed by atoms with Gasteiger partial charge in [-0.25, -0.2) is 0 Å². The summed E-state index contributed by atoms with van der Waals surface area (Å²) in [5.74, 6) is 1.27. The van der Waals surface area contributed by atoms with Crippen molar-refractivity contribution in [1.82, 2.24) is 25.3 Å². The average Bonchev–Trinajstić information content (AvgIpc) is 3.56. The van der Waals surface area contributed by atoms with E-state index in [1.54, 1.807) is 0 Å². The fourth-order valence-electron chi connectivity index (χ4n) is 4.93. The van der Waals surface area contributed by atoms with Gasteiger partial charge in [0, 0.05) is 29.7 Å². The highest BCUT2D eigenvalue weighted by molar-refractivity contribution is 9.10. The molecule has 184 valence electrons. The van der Waals surface area contributed by atoms with Crippen molar-refractivity contribution in [3.63, 3.8) is 0 Å². The second-order valence-electron chi connectivity index (χ2n) is 9.61. The lowest BCUT2D eigenvalue weighted by atomic mass is 9.97. The molecule has 2 aliphatic heterocycles. The summed E-state index contributed by atoms with van der Waals surface area (Å²) >= 11 is 3.44. The zero-order valence-electron chi connectivity index (χ0n) is 20.0. The molecule has 0 radical (unpaired) electrons. The number of nitrogens with one attached hydrogen (secondary N) is 1. The molecule has 1 N–H and O–H groups in total. The highest BCUT2D eigenvalue weighted by Gasteiger charge is 2.27. The number of piperidine rings is 1. The van der Waals surface area contributed by atoms with Crippen LogP contribution in [0.25, 0.3) is 11.4 Å². The molecule has 5 rings (SSSR count). The van der Waals surface area contributed by atoms with Crippen molar-refractivity contribution in [2.75, 3.05) is 26.2 Å². The van der Waals surface area contributed by atoms with E-state index in [4.69, 9.17) is 4.52 Å². The molecule has 2 saturated heterocycles. The molecule has 2 fully saturated rings. The summed E-state index contributed by atoms with van der Waals surface area (Å²) in [7, 11) is 0. The molecule has 8 heteroatoms. The van der Waals surface area contributed by atoms with E-state index >= 15 is 0 Å². The van der Waals surface area contributed by atoms with Gasteiger partial charge in [0.1, 0.15) is 0 Å². The maximum atomic E-state index is 12.9. The maximum absolute atomic E-state index is 12.9. The van der Waals surface area contributed by atoms with Crippen LogP contribution >= 0.6 is 15.9 Å². The van der Waals surface area contributed by atoms with Gasteiger partial charge in [-0.1, -0.05) is 45.4 Å². The fourth-order valence-corrected chi connectivity index (χ4v) is 5.20. The van der Waals surface area contributed by atoms with E-state index < -0.39 is 0 Å². The van der Waals surface area contributed by atoms with Crippen LogP contribution < -0.4 is 5.32 Å². The Hall–Kier alpha value is -2.55. The third-order valence-corrected chi connectivity index (χ3v) is 7.43. The molecule has 0 saturated carbocycles. The van der Waals surface area contributed by atoms with Gasteiger partial charge in [-0.3, -0.25) is 14.6 Å². The van der Waals surface area contributed by atoms with Crippen molar-refractivity contribution in [1.29, 1.82) is 0 Å². The van der Waals surface area contributed by atoms with E-state index in [9.17, 15) is 4.79 Å². The van der Waals surface area contributed by atoms with Crippen molar-refractivity contribution in [2.24, 2.45) is 5.92 Å². The lowest BCUT2D eigenvalue weighted by Crippen LogP contribution is -2.42. The second kappa shape index (κ2) is 11.5. The van der Waals surface area contributed by atoms with Crippen molar-refractivity contribution in [3.8, 4) is 11.4 Å². The largest absolute Gasteiger partial charge is 0.352 e. The molecule has 3 heterocycles. The Balaban J connectivity index is 1.09. The first-order valence-corrected chi connectivity index (χ1v) is 13.3. The number of hydrogen-bond acceptors (Lipinski definition) is 6. The first-order valence-electron chi connectivity index (χ1n) is 12.5. The minimum atomic E-state index is -0.0212. The van der Waals surface area contributed by atoms with E-state index in [-0.39, 0.29) is 11.8 Å². The van der Waals surface area contributed by atoms with Crippen LogP contribution in [-0.4, -0.2) is 52.0 Å². The molecule has 1 amide bonds. The molecule has 7 nitrogen and oxygen atoms in total. The number of rotatable bonds is 8. The van der Waals surface area contributed by atoms with Gasteiger partial charge in [0.05, 0.1) is 12.5 Å². The first-order chi connectivity index (χ1) is 17.1. The average molecular weight is 538 g/mol. The highest BCUT2D eigenvalue weighted by atomic mass is 79.9. The van der Waals surface area contributed by atoms with Crippen molar-refractivity contribution < 1.29 is 9.32 Å². The van der Waals surface area contributed by atoms with Gasteiger partial charge in [-0.2, -0.15) is 4.98 Å². The summed E-state index contributed by atoms with van der Waals surface area (Å²) in [4.78, 5) is 22.2.